The van der Waals surface area contributed by atoms with Crippen LogP contribution < -0.4 is 9.21 Å². The largest absolute Gasteiger partial charge is 0.368 e. The fraction of sp³-hybridized carbons (Fsp3) is 0.471. The van der Waals surface area contributed by atoms with E-state index < -0.39 is 10.0 Å². The fourth-order valence-electron chi connectivity index (χ4n) is 3.23. The lowest BCUT2D eigenvalue weighted by molar-refractivity contribution is 0.388. The highest BCUT2D eigenvalue weighted by molar-refractivity contribution is 7.92. The van der Waals surface area contributed by atoms with E-state index in [9.17, 15) is 8.42 Å². The molecule has 0 unspecified atom stereocenters. The molecule has 2 aromatic rings. The quantitative estimate of drug-likeness (QED) is 0.831. The number of aryl methyl sites for hydroxylation is 1. The number of aromatic nitrogens is 1. The Kier molecular flexibility index (Phi) is 3.75. The van der Waals surface area contributed by atoms with Gasteiger partial charge in [0, 0.05) is 19.2 Å². The molecular weight excluding hydrogens is 326 g/mol. The van der Waals surface area contributed by atoms with E-state index in [4.69, 9.17) is 4.52 Å². The van der Waals surface area contributed by atoms with Gasteiger partial charge in [-0.2, -0.15) is 0 Å². The Bertz CT molecular complexity index is 842. The van der Waals surface area contributed by atoms with Crippen molar-refractivity contribution in [3.63, 3.8) is 0 Å². The fourth-order valence-corrected chi connectivity index (χ4v) is 4.69. The van der Waals surface area contributed by atoms with Gasteiger partial charge in [0.05, 0.1) is 23.6 Å². The van der Waals surface area contributed by atoms with Crippen molar-refractivity contribution in [1.82, 2.24) is 5.16 Å². The molecule has 1 fully saturated rings. The van der Waals surface area contributed by atoms with Crippen molar-refractivity contribution in [2.45, 2.75) is 25.5 Å². The Morgan fingerprint density at radius 1 is 1.21 bits per heavy atom. The first kappa shape index (κ1) is 15.5. The summed E-state index contributed by atoms with van der Waals surface area (Å²) >= 11 is 0. The summed E-state index contributed by atoms with van der Waals surface area (Å²) in [7, 11) is -3.50. The lowest BCUT2D eigenvalue weighted by Gasteiger charge is -2.38. The molecule has 0 saturated heterocycles. The van der Waals surface area contributed by atoms with Gasteiger partial charge >= 0.3 is 0 Å². The summed E-state index contributed by atoms with van der Waals surface area (Å²) in [6, 6.07) is 9.43. The number of hydrogen-bond donors (Lipinski definition) is 0. The van der Waals surface area contributed by atoms with Crippen molar-refractivity contribution in [2.75, 3.05) is 28.8 Å². The van der Waals surface area contributed by atoms with Gasteiger partial charge in [-0.15, -0.1) is 0 Å². The number of fused-ring (bicyclic) bond motifs is 1. The maximum Gasteiger partial charge on any atom is 0.242 e. The van der Waals surface area contributed by atoms with Gasteiger partial charge < -0.3 is 9.42 Å². The predicted molar refractivity (Wildman–Crippen MR) is 92.6 cm³/mol. The number of nitrogens with zero attached hydrogens (tertiary/aromatic N) is 3. The van der Waals surface area contributed by atoms with E-state index in [-0.39, 0.29) is 5.75 Å². The molecule has 2 aliphatic rings. The maximum atomic E-state index is 12.9. The van der Waals surface area contributed by atoms with E-state index in [0.29, 0.717) is 18.0 Å². The van der Waals surface area contributed by atoms with Crippen molar-refractivity contribution in [3.8, 4) is 0 Å². The van der Waals surface area contributed by atoms with Gasteiger partial charge in [-0.1, -0.05) is 17.3 Å². The molecule has 7 heteroatoms. The van der Waals surface area contributed by atoms with Gasteiger partial charge in [0.25, 0.3) is 0 Å². The number of benzene rings is 1. The average Bonchev–Trinajstić information content (AvgIpc) is 3.28. The van der Waals surface area contributed by atoms with Crippen molar-refractivity contribution in [1.29, 1.82) is 0 Å². The van der Waals surface area contributed by atoms with Crippen LogP contribution in [0.4, 0.5) is 11.4 Å². The molecule has 0 radical (unpaired) electrons. The monoisotopic (exact) mass is 347 g/mol. The minimum absolute atomic E-state index is 0.162. The molecule has 1 aromatic heterocycles. The van der Waals surface area contributed by atoms with Crippen LogP contribution in [0.1, 0.15) is 24.3 Å². The topological polar surface area (TPSA) is 66.7 Å². The first-order valence-corrected chi connectivity index (χ1v) is 9.90. The van der Waals surface area contributed by atoms with Crippen molar-refractivity contribution < 1.29 is 12.9 Å². The summed E-state index contributed by atoms with van der Waals surface area (Å²) in [6.07, 6.45) is 2.57. The minimum atomic E-state index is -3.50. The second kappa shape index (κ2) is 5.81. The summed E-state index contributed by atoms with van der Waals surface area (Å²) in [5.41, 5.74) is 2.46. The van der Waals surface area contributed by atoms with Crippen LogP contribution in [0.5, 0.6) is 0 Å². The zero-order valence-electron chi connectivity index (χ0n) is 13.7. The van der Waals surface area contributed by atoms with Gasteiger partial charge in [0.15, 0.2) is 5.76 Å². The lowest BCUT2D eigenvalue weighted by atomic mass is 10.2. The van der Waals surface area contributed by atoms with Crippen LogP contribution in [0, 0.1) is 12.8 Å². The van der Waals surface area contributed by atoms with E-state index in [2.05, 4.69) is 10.1 Å². The standard InChI is InChI=1S/C17H21N3O3S/c1-13-10-15(23-18-13)12-24(21,22)20-9-8-19(11-14-6-7-14)16-4-2-3-5-17(16)20/h2-5,10,14H,6-9,11-12H2,1H3. The van der Waals surface area contributed by atoms with E-state index in [1.807, 2.05) is 24.3 Å². The first-order valence-electron chi connectivity index (χ1n) is 8.29. The van der Waals surface area contributed by atoms with Crippen LogP contribution in [0.3, 0.4) is 0 Å². The number of hydrogen-bond acceptors (Lipinski definition) is 5. The molecule has 24 heavy (non-hydrogen) atoms. The molecule has 0 spiro atoms. The highest BCUT2D eigenvalue weighted by Gasteiger charge is 2.33. The lowest BCUT2D eigenvalue weighted by Crippen LogP contribution is -2.45. The number of para-hydroxylation sites is 2. The molecule has 4 rings (SSSR count). The highest BCUT2D eigenvalue weighted by atomic mass is 32.2. The summed E-state index contributed by atoms with van der Waals surface area (Å²) in [5, 5.41) is 3.78. The summed E-state index contributed by atoms with van der Waals surface area (Å²) in [6.45, 7) is 4.00. The van der Waals surface area contributed by atoms with Crippen molar-refractivity contribution >= 4 is 21.4 Å². The Balaban J connectivity index is 1.62. The Hall–Kier alpha value is -2.02. The molecular formula is C17H21N3O3S. The summed E-state index contributed by atoms with van der Waals surface area (Å²) < 4.78 is 32.4. The second-order valence-electron chi connectivity index (χ2n) is 6.64. The number of sulfonamides is 1. The van der Waals surface area contributed by atoms with Crippen LogP contribution in [0.15, 0.2) is 34.9 Å². The first-order chi connectivity index (χ1) is 11.5. The molecule has 1 aliphatic carbocycles. The molecule has 1 aromatic carbocycles. The van der Waals surface area contributed by atoms with Crippen LogP contribution in [-0.4, -0.2) is 33.2 Å². The molecule has 0 N–H and O–H groups in total. The summed E-state index contributed by atoms with van der Waals surface area (Å²) in [4.78, 5) is 2.32. The highest BCUT2D eigenvalue weighted by Crippen LogP contribution is 2.38. The third kappa shape index (κ3) is 3.00. The zero-order valence-corrected chi connectivity index (χ0v) is 14.5. The second-order valence-corrected chi connectivity index (χ2v) is 8.53. The normalized spacial score (nSPS) is 17.9. The molecule has 6 nitrogen and oxygen atoms in total. The molecule has 0 bridgehead atoms. The van der Waals surface area contributed by atoms with E-state index in [1.165, 1.54) is 17.1 Å². The van der Waals surface area contributed by atoms with Crippen molar-refractivity contribution in [3.05, 3.63) is 41.8 Å². The molecule has 1 aliphatic heterocycles. The van der Waals surface area contributed by atoms with Gasteiger partial charge in [-0.05, 0) is 37.8 Å². The third-order valence-electron chi connectivity index (χ3n) is 4.58. The Morgan fingerprint density at radius 3 is 2.62 bits per heavy atom. The SMILES string of the molecule is Cc1cc(CS(=O)(=O)N2CCN(CC3CC3)c3ccccc32)on1. The molecule has 1 saturated carbocycles. The maximum absolute atomic E-state index is 12.9. The Morgan fingerprint density at radius 2 is 1.96 bits per heavy atom. The number of rotatable bonds is 5. The molecule has 128 valence electrons. The van der Waals surface area contributed by atoms with Gasteiger partial charge in [-0.25, -0.2) is 8.42 Å². The van der Waals surface area contributed by atoms with E-state index in [1.54, 1.807) is 13.0 Å². The zero-order chi connectivity index (χ0) is 16.7. The molecule has 2 heterocycles. The molecule has 0 atom stereocenters. The smallest absolute Gasteiger partial charge is 0.242 e. The predicted octanol–water partition coefficient (Wildman–Crippen LogP) is 2.55. The van der Waals surface area contributed by atoms with Gasteiger partial charge in [-0.3, -0.25) is 4.31 Å². The number of anilines is 2. The van der Waals surface area contributed by atoms with Crippen molar-refractivity contribution in [2.24, 2.45) is 5.92 Å². The van der Waals surface area contributed by atoms with Gasteiger partial charge in [0.2, 0.25) is 10.0 Å². The van der Waals surface area contributed by atoms with Crippen LogP contribution >= 0.6 is 0 Å². The van der Waals surface area contributed by atoms with Crippen LogP contribution in [0.2, 0.25) is 0 Å². The molecule has 0 amide bonds. The Labute approximate surface area is 142 Å². The summed E-state index contributed by atoms with van der Waals surface area (Å²) in [5.74, 6) is 0.980. The van der Waals surface area contributed by atoms with E-state index in [0.717, 1.165) is 30.4 Å². The van der Waals surface area contributed by atoms with Gasteiger partial charge in [0.1, 0.15) is 5.75 Å². The third-order valence-corrected chi connectivity index (χ3v) is 6.28. The van der Waals surface area contributed by atoms with Crippen LogP contribution in [-0.2, 0) is 15.8 Å². The van der Waals surface area contributed by atoms with E-state index >= 15 is 0 Å². The van der Waals surface area contributed by atoms with Crippen LogP contribution in [0.25, 0.3) is 0 Å². The average molecular weight is 347 g/mol. The minimum Gasteiger partial charge on any atom is -0.368 e.